The van der Waals surface area contributed by atoms with Gasteiger partial charge in [0.05, 0.1) is 19.2 Å². The molecule has 0 aliphatic heterocycles. The van der Waals surface area contributed by atoms with Crippen molar-refractivity contribution >= 4 is 21.6 Å². The molecule has 0 aromatic heterocycles. The van der Waals surface area contributed by atoms with Gasteiger partial charge in [0.2, 0.25) is 10.0 Å². The summed E-state index contributed by atoms with van der Waals surface area (Å²) < 4.78 is 43.2. The maximum Gasteiger partial charge on any atom is 0.244 e. The van der Waals surface area contributed by atoms with Crippen LogP contribution in [0.2, 0.25) is 5.02 Å². The van der Waals surface area contributed by atoms with Gasteiger partial charge in [0.1, 0.15) is 28.8 Å². The highest BCUT2D eigenvalue weighted by atomic mass is 35.5. The first-order valence-corrected chi connectivity index (χ1v) is 9.34. The van der Waals surface area contributed by atoms with Crippen LogP contribution in [0.3, 0.4) is 0 Å². The van der Waals surface area contributed by atoms with Crippen LogP contribution >= 0.6 is 11.6 Å². The summed E-state index contributed by atoms with van der Waals surface area (Å²) in [5, 5.41) is 0.265. The van der Waals surface area contributed by atoms with Crippen molar-refractivity contribution < 1.29 is 22.6 Å². The summed E-state index contributed by atoms with van der Waals surface area (Å²) in [5.41, 5.74) is 1.12. The Morgan fingerprint density at radius 3 is 2.28 bits per heavy atom. The van der Waals surface area contributed by atoms with Gasteiger partial charge in [-0.1, -0.05) is 29.3 Å². The molecule has 1 N–H and O–H groups in total. The maximum absolute atomic E-state index is 12.5. The van der Waals surface area contributed by atoms with Gasteiger partial charge in [-0.3, -0.25) is 0 Å². The quantitative estimate of drug-likeness (QED) is 0.707. The van der Waals surface area contributed by atoms with Crippen LogP contribution in [0.4, 0.5) is 0 Å². The predicted octanol–water partition coefficient (Wildman–Crippen LogP) is 3.02. The molecule has 8 heteroatoms. The molecule has 0 radical (unpaired) electrons. The van der Waals surface area contributed by atoms with Gasteiger partial charge in [0, 0.05) is 18.7 Å². The van der Waals surface area contributed by atoms with Crippen LogP contribution in [0.25, 0.3) is 0 Å². The second-order valence-electron chi connectivity index (χ2n) is 5.20. The number of hydrogen-bond donors (Lipinski definition) is 1. The molecule has 0 saturated carbocycles. The molecule has 0 atom stereocenters. The Morgan fingerprint density at radius 1 is 1.04 bits per heavy atom. The second-order valence-corrected chi connectivity index (χ2v) is 7.34. The Morgan fingerprint density at radius 2 is 1.68 bits per heavy atom. The summed E-state index contributed by atoms with van der Waals surface area (Å²) in [6.07, 6.45) is 0. The van der Waals surface area contributed by atoms with E-state index in [-0.39, 0.29) is 34.6 Å². The standard InChI is InChI=1S/C17H20ClNO5S/c1-12-4-6-13(7-5-12)24-9-8-19-25(20,21)17-11-15(22-2)14(18)10-16(17)23-3/h4-7,10-11,19H,8-9H2,1-3H3. The summed E-state index contributed by atoms with van der Waals surface area (Å²) in [6.45, 7) is 2.27. The number of sulfonamides is 1. The number of nitrogens with one attached hydrogen (secondary N) is 1. The van der Waals surface area contributed by atoms with E-state index in [0.29, 0.717) is 5.75 Å². The molecule has 0 saturated heterocycles. The number of halogens is 1. The minimum absolute atomic E-state index is 0.0495. The monoisotopic (exact) mass is 385 g/mol. The first-order chi connectivity index (χ1) is 11.9. The highest BCUT2D eigenvalue weighted by molar-refractivity contribution is 7.89. The van der Waals surface area contributed by atoms with E-state index >= 15 is 0 Å². The molecule has 2 aromatic carbocycles. The molecule has 25 heavy (non-hydrogen) atoms. The summed E-state index contributed by atoms with van der Waals surface area (Å²) in [7, 11) is -1.02. The zero-order chi connectivity index (χ0) is 18.4. The summed E-state index contributed by atoms with van der Waals surface area (Å²) in [5.74, 6) is 1.06. The van der Waals surface area contributed by atoms with E-state index in [1.54, 1.807) is 0 Å². The third-order valence-electron chi connectivity index (χ3n) is 3.41. The normalized spacial score (nSPS) is 11.2. The van der Waals surface area contributed by atoms with Crippen molar-refractivity contribution in [1.29, 1.82) is 0 Å². The molecule has 0 unspecified atom stereocenters. The van der Waals surface area contributed by atoms with Crippen LogP contribution in [-0.4, -0.2) is 35.8 Å². The smallest absolute Gasteiger partial charge is 0.244 e. The largest absolute Gasteiger partial charge is 0.495 e. The zero-order valence-electron chi connectivity index (χ0n) is 14.2. The third-order valence-corrected chi connectivity index (χ3v) is 5.19. The van der Waals surface area contributed by atoms with Crippen molar-refractivity contribution in [2.24, 2.45) is 0 Å². The van der Waals surface area contributed by atoms with Gasteiger partial charge in [0.25, 0.3) is 0 Å². The Balaban J connectivity index is 2.04. The van der Waals surface area contributed by atoms with Crippen LogP contribution in [0.5, 0.6) is 17.2 Å². The highest BCUT2D eigenvalue weighted by Gasteiger charge is 2.22. The molecule has 136 valence electrons. The number of benzene rings is 2. The minimum atomic E-state index is -3.81. The van der Waals surface area contributed by atoms with Gasteiger partial charge in [0.15, 0.2) is 0 Å². The molecule has 2 aromatic rings. The van der Waals surface area contributed by atoms with Gasteiger partial charge in [-0.05, 0) is 19.1 Å². The lowest BCUT2D eigenvalue weighted by molar-refractivity contribution is 0.322. The number of hydrogen-bond acceptors (Lipinski definition) is 5. The van der Waals surface area contributed by atoms with Crippen molar-refractivity contribution in [3.63, 3.8) is 0 Å². The molecule has 0 aliphatic carbocycles. The van der Waals surface area contributed by atoms with Crippen molar-refractivity contribution in [3.8, 4) is 17.2 Å². The average molecular weight is 386 g/mol. The van der Waals surface area contributed by atoms with E-state index in [2.05, 4.69) is 4.72 Å². The maximum atomic E-state index is 12.5. The topological polar surface area (TPSA) is 73.9 Å². The van der Waals surface area contributed by atoms with E-state index in [4.69, 9.17) is 25.8 Å². The Labute approximate surface area is 152 Å². The Hall–Kier alpha value is -1.96. The van der Waals surface area contributed by atoms with E-state index in [9.17, 15) is 8.42 Å². The van der Waals surface area contributed by atoms with Crippen molar-refractivity contribution in [1.82, 2.24) is 4.72 Å². The third kappa shape index (κ3) is 5.01. The summed E-state index contributed by atoms with van der Waals surface area (Å²) in [4.78, 5) is -0.0495. The van der Waals surface area contributed by atoms with E-state index in [1.807, 2.05) is 31.2 Å². The van der Waals surface area contributed by atoms with Crippen molar-refractivity contribution in [2.45, 2.75) is 11.8 Å². The molecule has 6 nitrogen and oxygen atoms in total. The molecular weight excluding hydrogens is 366 g/mol. The van der Waals surface area contributed by atoms with Gasteiger partial charge in [-0.15, -0.1) is 0 Å². The van der Waals surface area contributed by atoms with Gasteiger partial charge >= 0.3 is 0 Å². The molecule has 0 bridgehead atoms. The van der Waals surface area contributed by atoms with E-state index < -0.39 is 10.0 Å². The van der Waals surface area contributed by atoms with Crippen molar-refractivity contribution in [2.75, 3.05) is 27.4 Å². The van der Waals surface area contributed by atoms with Crippen LogP contribution in [0.15, 0.2) is 41.3 Å². The lowest BCUT2D eigenvalue weighted by Gasteiger charge is -2.13. The van der Waals surface area contributed by atoms with Crippen LogP contribution < -0.4 is 18.9 Å². The molecule has 0 heterocycles. The second kappa shape index (κ2) is 8.42. The predicted molar refractivity (Wildman–Crippen MR) is 96.4 cm³/mol. The summed E-state index contributed by atoms with van der Waals surface area (Å²) in [6, 6.07) is 10.2. The molecule has 0 aliphatic rings. The van der Waals surface area contributed by atoms with Gasteiger partial charge in [-0.25, -0.2) is 13.1 Å². The molecule has 0 amide bonds. The van der Waals surface area contributed by atoms with E-state index in [1.165, 1.54) is 26.4 Å². The Kier molecular flexibility index (Phi) is 6.52. The molecule has 2 rings (SSSR count). The van der Waals surface area contributed by atoms with Gasteiger partial charge in [-0.2, -0.15) is 0 Å². The highest BCUT2D eigenvalue weighted by Crippen LogP contribution is 2.34. The number of methoxy groups -OCH3 is 2. The number of rotatable bonds is 8. The fraction of sp³-hybridized carbons (Fsp3) is 0.294. The first kappa shape index (κ1) is 19.4. The van der Waals surface area contributed by atoms with Crippen LogP contribution in [0, 0.1) is 6.92 Å². The number of aryl methyl sites for hydroxylation is 1. The van der Waals surface area contributed by atoms with Crippen molar-refractivity contribution in [3.05, 3.63) is 47.0 Å². The van der Waals surface area contributed by atoms with E-state index in [0.717, 1.165) is 5.56 Å². The fourth-order valence-corrected chi connectivity index (χ4v) is 3.51. The molecule has 0 spiro atoms. The molecular formula is C17H20ClNO5S. The number of ether oxygens (including phenoxy) is 3. The van der Waals surface area contributed by atoms with Crippen LogP contribution in [0.1, 0.15) is 5.56 Å². The first-order valence-electron chi connectivity index (χ1n) is 7.48. The summed E-state index contributed by atoms with van der Waals surface area (Å²) >= 11 is 6.00. The SMILES string of the molecule is COc1cc(S(=O)(=O)NCCOc2ccc(C)cc2)c(OC)cc1Cl. The van der Waals surface area contributed by atoms with Gasteiger partial charge < -0.3 is 14.2 Å². The Bertz CT molecular complexity index is 822. The average Bonchev–Trinajstić information content (AvgIpc) is 2.59. The lowest BCUT2D eigenvalue weighted by atomic mass is 10.2. The minimum Gasteiger partial charge on any atom is -0.495 e. The fourth-order valence-electron chi connectivity index (χ4n) is 2.10. The lowest BCUT2D eigenvalue weighted by Crippen LogP contribution is -2.28. The van der Waals surface area contributed by atoms with Crippen LogP contribution in [-0.2, 0) is 10.0 Å². The molecule has 0 fully saturated rings. The zero-order valence-corrected chi connectivity index (χ0v) is 15.8.